The fraction of sp³-hybridized carbons (Fsp3) is 0.350. The first-order valence-electron chi connectivity index (χ1n) is 8.92. The second kappa shape index (κ2) is 7.25. The molecule has 1 aliphatic heterocycles. The summed E-state index contributed by atoms with van der Waals surface area (Å²) >= 11 is 0. The predicted octanol–water partition coefficient (Wildman–Crippen LogP) is 3.19. The Hall–Kier alpha value is -2.73. The molecule has 1 saturated heterocycles. The Morgan fingerprint density at radius 2 is 1.96 bits per heavy atom. The number of likely N-dealkylation sites (tertiary alicyclic amines) is 1. The summed E-state index contributed by atoms with van der Waals surface area (Å²) < 4.78 is 5.97. The van der Waals surface area contributed by atoms with Crippen LogP contribution in [0.4, 0.5) is 5.69 Å². The van der Waals surface area contributed by atoms with Crippen molar-refractivity contribution in [2.24, 2.45) is 0 Å². The van der Waals surface area contributed by atoms with Crippen molar-refractivity contribution >= 4 is 5.69 Å². The molecule has 0 bridgehead atoms. The molecule has 1 aromatic carbocycles. The molecule has 3 aromatic rings. The number of aromatic nitrogens is 3. The van der Waals surface area contributed by atoms with Gasteiger partial charge in [-0.3, -0.25) is 9.88 Å². The van der Waals surface area contributed by atoms with Crippen LogP contribution in [0.5, 0.6) is 0 Å². The lowest BCUT2D eigenvalue weighted by Crippen LogP contribution is -2.20. The molecule has 0 saturated carbocycles. The topological polar surface area (TPSA) is 58.3 Å². The first kappa shape index (κ1) is 16.7. The first-order chi connectivity index (χ1) is 12.7. The Morgan fingerprint density at radius 1 is 1.12 bits per heavy atom. The van der Waals surface area contributed by atoms with E-state index in [1.807, 2.05) is 44.6 Å². The zero-order valence-electron chi connectivity index (χ0n) is 15.2. The van der Waals surface area contributed by atoms with E-state index in [1.165, 1.54) is 0 Å². The highest BCUT2D eigenvalue weighted by atomic mass is 16.4. The van der Waals surface area contributed by atoms with Crippen LogP contribution in [0.15, 0.2) is 53.1 Å². The second-order valence-corrected chi connectivity index (χ2v) is 6.93. The van der Waals surface area contributed by atoms with Gasteiger partial charge in [0.25, 0.3) is 0 Å². The van der Waals surface area contributed by atoms with Crippen LogP contribution in [0.2, 0.25) is 0 Å². The molecule has 1 unspecified atom stereocenters. The van der Waals surface area contributed by atoms with E-state index in [4.69, 9.17) is 4.42 Å². The Labute approximate surface area is 153 Å². The van der Waals surface area contributed by atoms with Crippen molar-refractivity contribution in [3.8, 4) is 11.5 Å². The third-order valence-electron chi connectivity index (χ3n) is 4.80. The molecule has 4 rings (SSSR count). The molecule has 2 aromatic heterocycles. The molecule has 1 atom stereocenters. The molecule has 0 spiro atoms. The number of rotatable bonds is 5. The Morgan fingerprint density at radius 3 is 2.69 bits per heavy atom. The summed E-state index contributed by atoms with van der Waals surface area (Å²) in [5.74, 6) is 1.62. The predicted molar refractivity (Wildman–Crippen MR) is 101 cm³/mol. The molecule has 6 nitrogen and oxygen atoms in total. The minimum Gasteiger partial charge on any atom is -0.420 e. The van der Waals surface area contributed by atoms with Crippen LogP contribution in [0, 0.1) is 0 Å². The second-order valence-electron chi connectivity index (χ2n) is 6.93. The van der Waals surface area contributed by atoms with Crippen LogP contribution >= 0.6 is 0 Å². The number of pyridine rings is 1. The lowest BCUT2D eigenvalue weighted by Gasteiger charge is -2.14. The standard InChI is InChI=1S/C20H23N5O/c1-24(2)18-8-6-15(7-9-18)19-22-23-20(26-19)16-10-12-25(13-16)14-17-5-3-4-11-21-17/h3-9,11,16H,10,12-14H2,1-2H3. The summed E-state index contributed by atoms with van der Waals surface area (Å²) in [6, 6.07) is 14.2. The largest absolute Gasteiger partial charge is 0.420 e. The third-order valence-corrected chi connectivity index (χ3v) is 4.80. The lowest BCUT2D eigenvalue weighted by molar-refractivity contribution is 0.316. The van der Waals surface area contributed by atoms with E-state index < -0.39 is 0 Å². The van der Waals surface area contributed by atoms with E-state index in [0.29, 0.717) is 11.8 Å². The highest BCUT2D eigenvalue weighted by Crippen LogP contribution is 2.29. The molecule has 0 amide bonds. The van der Waals surface area contributed by atoms with Gasteiger partial charge < -0.3 is 9.32 Å². The van der Waals surface area contributed by atoms with Crippen LogP contribution in [0.25, 0.3) is 11.5 Å². The Balaban J connectivity index is 1.42. The van der Waals surface area contributed by atoms with Crippen molar-refractivity contribution < 1.29 is 4.42 Å². The fourth-order valence-electron chi connectivity index (χ4n) is 3.32. The normalized spacial score (nSPS) is 17.5. The smallest absolute Gasteiger partial charge is 0.247 e. The zero-order chi connectivity index (χ0) is 17.9. The molecule has 26 heavy (non-hydrogen) atoms. The van der Waals surface area contributed by atoms with Gasteiger partial charge in [0.1, 0.15) is 0 Å². The average Bonchev–Trinajstić information content (AvgIpc) is 3.32. The maximum absolute atomic E-state index is 5.97. The van der Waals surface area contributed by atoms with Crippen molar-refractivity contribution in [3.63, 3.8) is 0 Å². The van der Waals surface area contributed by atoms with Crippen molar-refractivity contribution in [2.45, 2.75) is 18.9 Å². The van der Waals surface area contributed by atoms with Crippen molar-refractivity contribution in [2.75, 3.05) is 32.1 Å². The van der Waals surface area contributed by atoms with Crippen LogP contribution in [-0.4, -0.2) is 47.3 Å². The van der Waals surface area contributed by atoms with Gasteiger partial charge in [-0.15, -0.1) is 10.2 Å². The number of hydrogen-bond acceptors (Lipinski definition) is 6. The Bertz CT molecular complexity index is 844. The summed E-state index contributed by atoms with van der Waals surface area (Å²) in [5, 5.41) is 8.56. The molecular formula is C20H23N5O. The van der Waals surface area contributed by atoms with Crippen LogP contribution in [-0.2, 0) is 6.54 Å². The number of hydrogen-bond donors (Lipinski definition) is 0. The van der Waals surface area contributed by atoms with Gasteiger partial charge in [-0.05, 0) is 49.4 Å². The molecule has 6 heteroatoms. The summed E-state index contributed by atoms with van der Waals surface area (Å²) in [7, 11) is 4.05. The van der Waals surface area contributed by atoms with Crippen LogP contribution in [0.3, 0.4) is 0 Å². The number of anilines is 1. The monoisotopic (exact) mass is 349 g/mol. The summed E-state index contributed by atoms with van der Waals surface area (Å²) in [6.07, 6.45) is 2.88. The van der Waals surface area contributed by atoms with Gasteiger partial charge in [0.15, 0.2) is 0 Å². The Kier molecular flexibility index (Phi) is 4.67. The van der Waals surface area contributed by atoms with E-state index in [2.05, 4.69) is 43.2 Å². The zero-order valence-corrected chi connectivity index (χ0v) is 15.2. The van der Waals surface area contributed by atoms with Gasteiger partial charge in [0, 0.05) is 44.6 Å². The van der Waals surface area contributed by atoms with Gasteiger partial charge in [-0.1, -0.05) is 6.07 Å². The van der Waals surface area contributed by atoms with Gasteiger partial charge in [0.2, 0.25) is 11.8 Å². The van der Waals surface area contributed by atoms with Gasteiger partial charge >= 0.3 is 0 Å². The number of nitrogens with zero attached hydrogens (tertiary/aromatic N) is 5. The maximum Gasteiger partial charge on any atom is 0.247 e. The third kappa shape index (κ3) is 3.60. The lowest BCUT2D eigenvalue weighted by atomic mass is 10.1. The maximum atomic E-state index is 5.97. The minimum absolute atomic E-state index is 0.293. The molecule has 3 heterocycles. The molecule has 0 radical (unpaired) electrons. The van der Waals surface area contributed by atoms with Gasteiger partial charge in [-0.25, -0.2) is 0 Å². The van der Waals surface area contributed by atoms with E-state index >= 15 is 0 Å². The summed E-state index contributed by atoms with van der Waals surface area (Å²) in [5.41, 5.74) is 3.20. The van der Waals surface area contributed by atoms with Gasteiger partial charge in [-0.2, -0.15) is 0 Å². The first-order valence-corrected chi connectivity index (χ1v) is 8.92. The molecule has 134 valence electrons. The summed E-state index contributed by atoms with van der Waals surface area (Å²) in [6.45, 7) is 2.82. The van der Waals surface area contributed by atoms with E-state index in [0.717, 1.165) is 48.9 Å². The summed E-state index contributed by atoms with van der Waals surface area (Å²) in [4.78, 5) is 8.87. The van der Waals surface area contributed by atoms with Crippen LogP contribution < -0.4 is 4.90 Å². The highest BCUT2D eigenvalue weighted by Gasteiger charge is 2.28. The number of benzene rings is 1. The van der Waals surface area contributed by atoms with E-state index in [1.54, 1.807) is 0 Å². The van der Waals surface area contributed by atoms with E-state index in [-0.39, 0.29) is 0 Å². The SMILES string of the molecule is CN(C)c1ccc(-c2nnc(C3CCN(Cc4ccccn4)C3)o2)cc1. The molecule has 0 aliphatic carbocycles. The minimum atomic E-state index is 0.293. The quantitative estimate of drug-likeness (QED) is 0.705. The molecule has 0 N–H and O–H groups in total. The molecule has 1 aliphatic rings. The van der Waals surface area contributed by atoms with Crippen molar-refractivity contribution in [1.82, 2.24) is 20.1 Å². The molecular weight excluding hydrogens is 326 g/mol. The van der Waals surface area contributed by atoms with Crippen molar-refractivity contribution in [3.05, 3.63) is 60.2 Å². The fourth-order valence-corrected chi connectivity index (χ4v) is 3.32. The van der Waals surface area contributed by atoms with Gasteiger partial charge in [0.05, 0.1) is 11.6 Å². The highest BCUT2D eigenvalue weighted by molar-refractivity contribution is 5.58. The molecule has 1 fully saturated rings. The van der Waals surface area contributed by atoms with E-state index in [9.17, 15) is 0 Å². The average molecular weight is 349 g/mol. The van der Waals surface area contributed by atoms with Crippen molar-refractivity contribution in [1.29, 1.82) is 0 Å². The van der Waals surface area contributed by atoms with Crippen LogP contribution in [0.1, 0.15) is 23.9 Å².